The van der Waals surface area contributed by atoms with Crippen molar-refractivity contribution in [1.82, 2.24) is 14.9 Å². The highest BCUT2D eigenvalue weighted by Gasteiger charge is 2.32. The first-order valence-corrected chi connectivity index (χ1v) is 10.2. The van der Waals surface area contributed by atoms with E-state index >= 15 is 0 Å². The maximum Gasteiger partial charge on any atom is 0.229 e. The third-order valence-electron chi connectivity index (χ3n) is 5.81. The maximum absolute atomic E-state index is 12.2. The number of rotatable bonds is 5. The van der Waals surface area contributed by atoms with Crippen LogP contribution in [-0.4, -0.2) is 60.0 Å². The molecule has 1 aromatic carbocycles. The Labute approximate surface area is 174 Å². The Kier molecular flexibility index (Phi) is 6.52. The van der Waals surface area contributed by atoms with Gasteiger partial charge in [-0.15, -0.1) is 0 Å². The summed E-state index contributed by atoms with van der Waals surface area (Å²) in [5.74, 6) is 1.39. The second-order valence-electron chi connectivity index (χ2n) is 8.10. The van der Waals surface area contributed by atoms with Gasteiger partial charge in [-0.3, -0.25) is 14.7 Å². The zero-order valence-electron chi connectivity index (χ0n) is 17.0. The molecule has 0 unspecified atom stereocenters. The number of anilines is 2. The van der Waals surface area contributed by atoms with Gasteiger partial charge in [0.1, 0.15) is 5.82 Å². The summed E-state index contributed by atoms with van der Waals surface area (Å²) in [6.45, 7) is 8.60. The minimum atomic E-state index is 0. The van der Waals surface area contributed by atoms with Crippen LogP contribution in [0.2, 0.25) is 0 Å². The van der Waals surface area contributed by atoms with E-state index in [1.807, 2.05) is 43.7 Å². The number of piperazine rings is 1. The Morgan fingerprint density at radius 1 is 1.03 bits per heavy atom. The summed E-state index contributed by atoms with van der Waals surface area (Å²) < 4.78 is 0. The van der Waals surface area contributed by atoms with Crippen molar-refractivity contribution >= 4 is 17.4 Å². The highest BCUT2D eigenvalue weighted by atomic mass is 16.2. The molecule has 0 spiro atoms. The molecule has 0 radical (unpaired) electrons. The highest BCUT2D eigenvalue weighted by molar-refractivity contribution is 5.96. The molecular formula is C23H33N5O. The van der Waals surface area contributed by atoms with Crippen molar-refractivity contribution < 1.29 is 4.79 Å². The van der Waals surface area contributed by atoms with Crippen LogP contribution >= 0.6 is 0 Å². The summed E-state index contributed by atoms with van der Waals surface area (Å²) in [5.41, 5.74) is 2.79. The Morgan fingerprint density at radius 2 is 1.69 bits per heavy atom. The Balaban J connectivity index is 0.00000240. The first-order valence-electron chi connectivity index (χ1n) is 10.2. The van der Waals surface area contributed by atoms with Crippen molar-refractivity contribution in [3.8, 4) is 11.3 Å². The zero-order valence-corrected chi connectivity index (χ0v) is 17.0. The fraction of sp³-hybridized carbons (Fsp3) is 0.522. The second kappa shape index (κ2) is 8.91. The lowest BCUT2D eigenvalue weighted by Crippen LogP contribution is -2.49. The van der Waals surface area contributed by atoms with Gasteiger partial charge in [-0.2, -0.15) is 0 Å². The van der Waals surface area contributed by atoms with Gasteiger partial charge in [-0.05, 0) is 38.8 Å². The van der Waals surface area contributed by atoms with Crippen LogP contribution in [0.1, 0.15) is 34.1 Å². The molecule has 1 saturated heterocycles. The molecule has 1 saturated carbocycles. The SMILES string of the molecule is C.CC(C)N1CCN(c2cnc(-c3ccc(N(C)C(=O)C4CC4)cc3)cn2)CC1. The number of benzene rings is 1. The molecule has 156 valence electrons. The Bertz CT molecular complexity index is 806. The van der Waals surface area contributed by atoms with E-state index < -0.39 is 0 Å². The molecule has 6 nitrogen and oxygen atoms in total. The Morgan fingerprint density at radius 3 is 2.21 bits per heavy atom. The average Bonchev–Trinajstić information content (AvgIpc) is 3.58. The minimum Gasteiger partial charge on any atom is -0.353 e. The molecule has 0 N–H and O–H groups in total. The largest absolute Gasteiger partial charge is 0.353 e. The van der Waals surface area contributed by atoms with Crippen molar-refractivity contribution in [3.63, 3.8) is 0 Å². The molecule has 1 aromatic heterocycles. The first kappa shape index (κ1) is 21.2. The van der Waals surface area contributed by atoms with Gasteiger partial charge < -0.3 is 9.80 Å². The summed E-state index contributed by atoms with van der Waals surface area (Å²) in [7, 11) is 1.85. The molecule has 4 rings (SSSR count). The maximum atomic E-state index is 12.2. The van der Waals surface area contributed by atoms with Gasteiger partial charge >= 0.3 is 0 Å². The standard InChI is InChI=1S/C22H29N5O.CH4/c1-16(2)26-10-12-27(13-11-26)21-15-23-20(14-24-21)17-6-8-19(9-7-17)25(3)22(28)18-4-5-18;/h6-9,14-16,18H,4-5,10-13H2,1-3H3;1H4. The predicted molar refractivity (Wildman–Crippen MR) is 119 cm³/mol. The Hall–Kier alpha value is -2.47. The van der Waals surface area contributed by atoms with Crippen molar-refractivity contribution in [1.29, 1.82) is 0 Å². The molecule has 0 atom stereocenters. The number of hydrogen-bond acceptors (Lipinski definition) is 5. The van der Waals surface area contributed by atoms with Gasteiger partial charge in [0.2, 0.25) is 5.91 Å². The van der Waals surface area contributed by atoms with E-state index in [0.29, 0.717) is 6.04 Å². The van der Waals surface area contributed by atoms with Gasteiger partial charge in [0.15, 0.2) is 0 Å². The topological polar surface area (TPSA) is 52.6 Å². The zero-order chi connectivity index (χ0) is 19.7. The summed E-state index contributed by atoms with van der Waals surface area (Å²) in [4.78, 5) is 28.0. The van der Waals surface area contributed by atoms with Crippen LogP contribution in [0.5, 0.6) is 0 Å². The number of amides is 1. The molecule has 0 bridgehead atoms. The molecule has 2 fully saturated rings. The molecular weight excluding hydrogens is 362 g/mol. The number of carbonyl (C=O) groups is 1. The van der Waals surface area contributed by atoms with Crippen LogP contribution in [0.4, 0.5) is 11.5 Å². The second-order valence-corrected chi connectivity index (χ2v) is 8.10. The van der Waals surface area contributed by atoms with Crippen LogP contribution in [-0.2, 0) is 4.79 Å². The van der Waals surface area contributed by atoms with Crippen LogP contribution < -0.4 is 9.80 Å². The van der Waals surface area contributed by atoms with Crippen molar-refractivity contribution in [2.75, 3.05) is 43.0 Å². The number of aromatic nitrogens is 2. The monoisotopic (exact) mass is 395 g/mol. The first-order chi connectivity index (χ1) is 13.5. The molecule has 2 aliphatic rings. The lowest BCUT2D eigenvalue weighted by atomic mass is 10.1. The fourth-order valence-corrected chi connectivity index (χ4v) is 3.69. The van der Waals surface area contributed by atoms with Crippen molar-refractivity contribution in [3.05, 3.63) is 36.7 Å². The van der Waals surface area contributed by atoms with Crippen molar-refractivity contribution in [2.45, 2.75) is 40.2 Å². The van der Waals surface area contributed by atoms with E-state index in [-0.39, 0.29) is 19.3 Å². The predicted octanol–water partition coefficient (Wildman–Crippen LogP) is 3.68. The highest BCUT2D eigenvalue weighted by Crippen LogP contribution is 2.32. The van der Waals surface area contributed by atoms with E-state index in [1.165, 1.54) is 0 Å². The van der Waals surface area contributed by atoms with E-state index in [9.17, 15) is 4.79 Å². The summed E-state index contributed by atoms with van der Waals surface area (Å²) in [5, 5.41) is 0. The molecule has 2 heterocycles. The third kappa shape index (κ3) is 4.75. The van der Waals surface area contributed by atoms with Crippen LogP contribution in [0.25, 0.3) is 11.3 Å². The molecule has 29 heavy (non-hydrogen) atoms. The van der Waals surface area contributed by atoms with E-state index in [0.717, 1.165) is 61.8 Å². The quantitative estimate of drug-likeness (QED) is 0.773. The molecule has 1 amide bonds. The van der Waals surface area contributed by atoms with Gasteiger partial charge in [0, 0.05) is 56.4 Å². The molecule has 6 heteroatoms. The fourth-order valence-electron chi connectivity index (χ4n) is 3.69. The average molecular weight is 396 g/mol. The number of carbonyl (C=O) groups excluding carboxylic acids is 1. The van der Waals surface area contributed by atoms with Gasteiger partial charge in [-0.25, -0.2) is 4.98 Å². The third-order valence-corrected chi connectivity index (χ3v) is 5.81. The smallest absolute Gasteiger partial charge is 0.229 e. The molecule has 1 aliphatic heterocycles. The van der Waals surface area contributed by atoms with E-state index in [4.69, 9.17) is 0 Å². The normalized spacial score (nSPS) is 17.2. The lowest BCUT2D eigenvalue weighted by molar-refractivity contribution is -0.119. The summed E-state index contributed by atoms with van der Waals surface area (Å²) in [6, 6.07) is 8.58. The van der Waals surface area contributed by atoms with E-state index in [2.05, 4.69) is 33.6 Å². The van der Waals surface area contributed by atoms with Gasteiger partial charge in [0.05, 0.1) is 18.1 Å². The number of hydrogen-bond donors (Lipinski definition) is 0. The minimum absolute atomic E-state index is 0. The summed E-state index contributed by atoms with van der Waals surface area (Å²) >= 11 is 0. The number of nitrogens with zero attached hydrogens (tertiary/aromatic N) is 5. The molecule has 2 aromatic rings. The van der Waals surface area contributed by atoms with Gasteiger partial charge in [0.25, 0.3) is 0 Å². The van der Waals surface area contributed by atoms with Crippen LogP contribution in [0.3, 0.4) is 0 Å². The lowest BCUT2D eigenvalue weighted by Gasteiger charge is -2.37. The van der Waals surface area contributed by atoms with E-state index in [1.54, 1.807) is 4.90 Å². The van der Waals surface area contributed by atoms with Crippen LogP contribution in [0.15, 0.2) is 36.7 Å². The van der Waals surface area contributed by atoms with Crippen LogP contribution in [0, 0.1) is 5.92 Å². The van der Waals surface area contributed by atoms with Crippen molar-refractivity contribution in [2.24, 2.45) is 5.92 Å². The summed E-state index contributed by atoms with van der Waals surface area (Å²) in [6.07, 6.45) is 5.76. The molecule has 1 aliphatic carbocycles. The van der Waals surface area contributed by atoms with Gasteiger partial charge in [-0.1, -0.05) is 19.6 Å².